The standard InChI is InChI=1S/C27H21NO4/c1-17-11-13-19(14-12-17)24-23(25(29)22-15-20-9-5-6-10-21(20)32-22)26(30)27(31)28(24)16-18-7-3-2-4-8-18/h2-15,24,30H,16H2,1H3. The number of aliphatic hydroxyl groups is 1. The zero-order valence-corrected chi connectivity index (χ0v) is 17.5. The number of furan rings is 1. The Morgan fingerprint density at radius 2 is 1.66 bits per heavy atom. The highest BCUT2D eigenvalue weighted by molar-refractivity contribution is 6.16. The molecule has 1 aromatic heterocycles. The molecule has 0 radical (unpaired) electrons. The molecule has 5 nitrogen and oxygen atoms in total. The number of Topliss-reactive ketones (excluding diaryl/α,β-unsaturated/α-hetero) is 1. The van der Waals surface area contributed by atoms with Crippen molar-refractivity contribution in [1.29, 1.82) is 0 Å². The van der Waals surface area contributed by atoms with E-state index in [1.165, 1.54) is 4.90 Å². The van der Waals surface area contributed by atoms with Crippen LogP contribution in [0.3, 0.4) is 0 Å². The largest absolute Gasteiger partial charge is 0.503 e. The van der Waals surface area contributed by atoms with E-state index in [0.29, 0.717) is 5.58 Å². The van der Waals surface area contributed by atoms with Gasteiger partial charge in [-0.15, -0.1) is 0 Å². The number of rotatable bonds is 5. The third kappa shape index (κ3) is 3.38. The monoisotopic (exact) mass is 423 g/mol. The third-order valence-electron chi connectivity index (χ3n) is 5.79. The molecule has 0 saturated carbocycles. The van der Waals surface area contributed by atoms with Crippen molar-refractivity contribution in [3.8, 4) is 0 Å². The molecule has 5 heteroatoms. The summed E-state index contributed by atoms with van der Waals surface area (Å²) in [7, 11) is 0. The second-order valence-corrected chi connectivity index (χ2v) is 7.97. The summed E-state index contributed by atoms with van der Waals surface area (Å²) in [6, 6.07) is 25.4. The number of benzene rings is 3. The number of fused-ring (bicyclic) bond motifs is 1. The van der Waals surface area contributed by atoms with Gasteiger partial charge < -0.3 is 14.4 Å². The number of hydrogen-bond acceptors (Lipinski definition) is 4. The van der Waals surface area contributed by atoms with Crippen molar-refractivity contribution >= 4 is 22.7 Å². The molecular weight excluding hydrogens is 402 g/mol. The molecule has 2 heterocycles. The predicted molar refractivity (Wildman–Crippen MR) is 121 cm³/mol. The minimum atomic E-state index is -0.719. The van der Waals surface area contributed by atoms with Gasteiger partial charge in [0.05, 0.1) is 11.6 Å². The molecule has 1 amide bonds. The average Bonchev–Trinajstić information content (AvgIpc) is 3.35. The molecular formula is C27H21NO4. The van der Waals surface area contributed by atoms with Crippen LogP contribution in [-0.2, 0) is 11.3 Å². The molecule has 5 rings (SSSR count). The number of carbonyl (C=O) groups excluding carboxylic acids is 2. The van der Waals surface area contributed by atoms with Crippen molar-refractivity contribution in [3.05, 3.63) is 119 Å². The second-order valence-electron chi connectivity index (χ2n) is 7.97. The Kier molecular flexibility index (Phi) is 4.86. The predicted octanol–water partition coefficient (Wildman–Crippen LogP) is 5.52. The smallest absolute Gasteiger partial charge is 0.290 e. The number of aliphatic hydroxyl groups excluding tert-OH is 1. The Hall–Kier alpha value is -4.12. The number of nitrogens with zero attached hydrogens (tertiary/aromatic N) is 1. The molecule has 1 aliphatic heterocycles. The van der Waals surface area contributed by atoms with Gasteiger partial charge in [-0.25, -0.2) is 0 Å². The number of para-hydroxylation sites is 1. The van der Waals surface area contributed by atoms with Crippen molar-refractivity contribution in [1.82, 2.24) is 4.90 Å². The van der Waals surface area contributed by atoms with Gasteiger partial charge in [0, 0.05) is 11.9 Å². The van der Waals surface area contributed by atoms with Gasteiger partial charge >= 0.3 is 0 Å². The van der Waals surface area contributed by atoms with Crippen LogP contribution < -0.4 is 0 Å². The third-order valence-corrected chi connectivity index (χ3v) is 5.79. The molecule has 4 aromatic rings. The van der Waals surface area contributed by atoms with Crippen molar-refractivity contribution < 1.29 is 19.1 Å². The van der Waals surface area contributed by atoms with Crippen LogP contribution in [0.2, 0.25) is 0 Å². The first-order valence-electron chi connectivity index (χ1n) is 10.4. The lowest BCUT2D eigenvalue weighted by molar-refractivity contribution is -0.130. The Balaban J connectivity index is 1.60. The first kappa shape index (κ1) is 19.8. The van der Waals surface area contributed by atoms with Crippen molar-refractivity contribution in [3.63, 3.8) is 0 Å². The Morgan fingerprint density at radius 3 is 2.38 bits per heavy atom. The molecule has 32 heavy (non-hydrogen) atoms. The zero-order valence-electron chi connectivity index (χ0n) is 17.5. The number of amides is 1. The highest BCUT2D eigenvalue weighted by atomic mass is 16.3. The van der Waals surface area contributed by atoms with Crippen LogP contribution in [-0.4, -0.2) is 21.7 Å². The highest BCUT2D eigenvalue weighted by Gasteiger charge is 2.44. The number of aryl methyl sites for hydroxylation is 1. The van der Waals surface area contributed by atoms with E-state index in [1.54, 1.807) is 12.1 Å². The van der Waals surface area contributed by atoms with Crippen molar-refractivity contribution in [2.75, 3.05) is 0 Å². The molecule has 0 spiro atoms. The lowest BCUT2D eigenvalue weighted by Gasteiger charge is -2.27. The topological polar surface area (TPSA) is 70.7 Å². The van der Waals surface area contributed by atoms with Gasteiger partial charge in [0.15, 0.2) is 11.5 Å². The van der Waals surface area contributed by atoms with Crippen LogP contribution in [0.15, 0.2) is 101 Å². The van der Waals surface area contributed by atoms with Crippen LogP contribution in [0.25, 0.3) is 11.0 Å². The molecule has 0 saturated heterocycles. The van der Waals surface area contributed by atoms with Gasteiger partial charge in [-0.3, -0.25) is 9.59 Å². The molecule has 0 fully saturated rings. The van der Waals surface area contributed by atoms with Crippen LogP contribution >= 0.6 is 0 Å². The second kappa shape index (κ2) is 7.85. The number of carbonyl (C=O) groups is 2. The fraction of sp³-hybridized carbons (Fsp3) is 0.111. The van der Waals surface area contributed by atoms with Crippen LogP contribution in [0.4, 0.5) is 0 Å². The maximum atomic E-state index is 13.5. The van der Waals surface area contributed by atoms with Gasteiger partial charge in [-0.05, 0) is 30.2 Å². The molecule has 0 aliphatic carbocycles. The fourth-order valence-corrected chi connectivity index (χ4v) is 4.15. The van der Waals surface area contributed by atoms with Gasteiger partial charge in [0.1, 0.15) is 5.58 Å². The van der Waals surface area contributed by atoms with E-state index in [4.69, 9.17) is 4.42 Å². The molecule has 158 valence electrons. The summed E-state index contributed by atoms with van der Waals surface area (Å²) in [5.41, 5.74) is 3.33. The van der Waals surface area contributed by atoms with Crippen LogP contribution in [0.1, 0.15) is 33.3 Å². The highest BCUT2D eigenvalue weighted by Crippen LogP contribution is 2.40. The minimum Gasteiger partial charge on any atom is -0.503 e. The lowest BCUT2D eigenvalue weighted by atomic mass is 9.94. The zero-order chi connectivity index (χ0) is 22.2. The first-order chi connectivity index (χ1) is 15.5. The average molecular weight is 423 g/mol. The normalized spacial score (nSPS) is 16.2. The summed E-state index contributed by atoms with van der Waals surface area (Å²) < 4.78 is 5.76. The Morgan fingerprint density at radius 1 is 0.969 bits per heavy atom. The van der Waals surface area contributed by atoms with E-state index in [9.17, 15) is 14.7 Å². The van der Waals surface area contributed by atoms with E-state index >= 15 is 0 Å². The van der Waals surface area contributed by atoms with Crippen molar-refractivity contribution in [2.24, 2.45) is 0 Å². The minimum absolute atomic E-state index is 0.0360. The summed E-state index contributed by atoms with van der Waals surface area (Å²) >= 11 is 0. The summed E-state index contributed by atoms with van der Waals surface area (Å²) in [4.78, 5) is 28.2. The number of ketones is 1. The van der Waals surface area contributed by atoms with E-state index in [0.717, 1.165) is 22.1 Å². The molecule has 0 bridgehead atoms. The molecule has 1 unspecified atom stereocenters. The molecule has 1 aliphatic rings. The first-order valence-corrected chi connectivity index (χ1v) is 10.4. The summed E-state index contributed by atoms with van der Waals surface area (Å²) in [6.45, 7) is 2.23. The van der Waals surface area contributed by atoms with Gasteiger partial charge in [-0.1, -0.05) is 78.4 Å². The van der Waals surface area contributed by atoms with E-state index < -0.39 is 23.5 Å². The van der Waals surface area contributed by atoms with Gasteiger partial charge in [0.25, 0.3) is 5.91 Å². The molecule has 3 aromatic carbocycles. The number of hydrogen-bond donors (Lipinski definition) is 1. The summed E-state index contributed by atoms with van der Waals surface area (Å²) in [5.74, 6) is -1.50. The fourth-order valence-electron chi connectivity index (χ4n) is 4.15. The van der Waals surface area contributed by atoms with Gasteiger partial charge in [0.2, 0.25) is 5.78 Å². The SMILES string of the molecule is Cc1ccc(C2C(C(=O)c3cc4ccccc4o3)=C(O)C(=O)N2Cc2ccccc2)cc1. The summed E-state index contributed by atoms with van der Waals surface area (Å²) in [6.07, 6.45) is 0. The maximum absolute atomic E-state index is 13.5. The molecule has 1 atom stereocenters. The van der Waals surface area contributed by atoms with Crippen LogP contribution in [0.5, 0.6) is 0 Å². The van der Waals surface area contributed by atoms with E-state index in [-0.39, 0.29) is 17.9 Å². The van der Waals surface area contributed by atoms with E-state index in [2.05, 4.69) is 0 Å². The van der Waals surface area contributed by atoms with Crippen LogP contribution in [0, 0.1) is 6.92 Å². The quantitative estimate of drug-likeness (QED) is 0.429. The summed E-state index contributed by atoms with van der Waals surface area (Å²) in [5, 5.41) is 11.6. The molecule has 1 N–H and O–H groups in total. The maximum Gasteiger partial charge on any atom is 0.290 e. The Labute approximate surface area is 185 Å². The van der Waals surface area contributed by atoms with E-state index in [1.807, 2.05) is 79.7 Å². The van der Waals surface area contributed by atoms with Crippen molar-refractivity contribution in [2.45, 2.75) is 19.5 Å². The van der Waals surface area contributed by atoms with Gasteiger partial charge in [-0.2, -0.15) is 0 Å². The Bertz CT molecular complexity index is 1320. The lowest BCUT2D eigenvalue weighted by Crippen LogP contribution is -2.30.